The summed E-state index contributed by atoms with van der Waals surface area (Å²) in [6, 6.07) is 11.9. The maximum Gasteiger partial charge on any atom is 0.277 e. The van der Waals surface area contributed by atoms with Crippen molar-refractivity contribution in [3.63, 3.8) is 0 Å². The minimum Gasteiger partial charge on any atom is -0.348 e. The van der Waals surface area contributed by atoms with Gasteiger partial charge >= 0.3 is 0 Å². The first kappa shape index (κ1) is 16.8. The van der Waals surface area contributed by atoms with Crippen molar-refractivity contribution in [1.29, 1.82) is 0 Å². The second-order valence-electron chi connectivity index (χ2n) is 4.92. The molecule has 0 aliphatic carbocycles. The number of carbonyl (C=O) groups is 1. The molecule has 0 spiro atoms. The highest BCUT2D eigenvalue weighted by atomic mass is 19.3. The molecule has 0 atom stereocenters. The molecule has 122 valence electrons. The number of nitrogens with zero attached hydrogens (tertiary/aromatic N) is 2. The summed E-state index contributed by atoms with van der Waals surface area (Å²) in [5.74, 6) is -3.92. The molecule has 1 amide bonds. The van der Waals surface area contributed by atoms with Crippen molar-refractivity contribution in [2.24, 2.45) is 5.73 Å². The zero-order chi connectivity index (χ0) is 16.9. The van der Waals surface area contributed by atoms with E-state index in [9.17, 15) is 18.4 Å². The summed E-state index contributed by atoms with van der Waals surface area (Å²) in [6.45, 7) is -2.19. The standard InChI is InChI=1S/C15H16F2N4O2/c16-15(17,9-18)10-19-13(22)8-21-14(23)7-6-12(20-21)11-4-2-1-3-5-11/h1-7H,8-10,18H2,(H,19,22). The molecule has 1 aromatic heterocycles. The lowest BCUT2D eigenvalue weighted by molar-refractivity contribution is -0.123. The molecule has 1 aromatic carbocycles. The first-order valence-corrected chi connectivity index (χ1v) is 6.89. The topological polar surface area (TPSA) is 90.0 Å². The van der Waals surface area contributed by atoms with E-state index in [1.165, 1.54) is 12.1 Å². The zero-order valence-corrected chi connectivity index (χ0v) is 12.2. The predicted octanol–water partition coefficient (Wildman–Crippen LogP) is 0.620. The second-order valence-corrected chi connectivity index (χ2v) is 4.92. The molecule has 2 aromatic rings. The van der Waals surface area contributed by atoms with Gasteiger partial charge in [-0.2, -0.15) is 5.10 Å². The fraction of sp³-hybridized carbons (Fsp3) is 0.267. The Morgan fingerprint density at radius 2 is 1.91 bits per heavy atom. The van der Waals surface area contributed by atoms with Crippen LogP contribution < -0.4 is 16.6 Å². The molecule has 3 N–H and O–H groups in total. The Balaban J connectivity index is 2.11. The molecule has 0 unspecified atom stereocenters. The van der Waals surface area contributed by atoms with Gasteiger partial charge in [0, 0.05) is 11.6 Å². The summed E-state index contributed by atoms with van der Waals surface area (Å²) in [5.41, 5.74) is 5.67. The second kappa shape index (κ2) is 7.10. The fourth-order valence-corrected chi connectivity index (χ4v) is 1.82. The number of hydrogen-bond donors (Lipinski definition) is 2. The number of halogens is 2. The van der Waals surface area contributed by atoms with Crippen molar-refractivity contribution in [2.45, 2.75) is 12.5 Å². The number of amides is 1. The van der Waals surface area contributed by atoms with Gasteiger partial charge in [0.1, 0.15) is 6.54 Å². The molecule has 2 rings (SSSR count). The van der Waals surface area contributed by atoms with Crippen molar-refractivity contribution in [1.82, 2.24) is 15.1 Å². The van der Waals surface area contributed by atoms with Crippen LogP contribution >= 0.6 is 0 Å². The highest BCUT2D eigenvalue weighted by molar-refractivity contribution is 5.75. The lowest BCUT2D eigenvalue weighted by atomic mass is 10.1. The highest BCUT2D eigenvalue weighted by Crippen LogP contribution is 2.14. The van der Waals surface area contributed by atoms with E-state index >= 15 is 0 Å². The number of carbonyl (C=O) groups excluding carboxylic acids is 1. The molecule has 6 nitrogen and oxygen atoms in total. The van der Waals surface area contributed by atoms with Crippen LogP contribution in [0, 0.1) is 0 Å². The summed E-state index contributed by atoms with van der Waals surface area (Å²) >= 11 is 0. The van der Waals surface area contributed by atoms with E-state index < -0.39 is 37.0 Å². The highest BCUT2D eigenvalue weighted by Gasteiger charge is 2.27. The molecule has 0 aliphatic heterocycles. The van der Waals surface area contributed by atoms with Crippen molar-refractivity contribution in [3.8, 4) is 11.3 Å². The van der Waals surface area contributed by atoms with E-state index in [1.54, 1.807) is 12.1 Å². The van der Waals surface area contributed by atoms with Gasteiger partial charge in [0.15, 0.2) is 0 Å². The molecule has 0 fully saturated rings. The molecule has 0 saturated carbocycles. The van der Waals surface area contributed by atoms with E-state index in [2.05, 4.69) is 5.10 Å². The predicted molar refractivity (Wildman–Crippen MR) is 80.9 cm³/mol. The average Bonchev–Trinajstić information content (AvgIpc) is 2.56. The van der Waals surface area contributed by atoms with Gasteiger partial charge in [0.05, 0.1) is 18.8 Å². The monoisotopic (exact) mass is 322 g/mol. The molecule has 23 heavy (non-hydrogen) atoms. The van der Waals surface area contributed by atoms with E-state index in [4.69, 9.17) is 5.73 Å². The Labute approximate surface area is 130 Å². The maximum absolute atomic E-state index is 13.0. The maximum atomic E-state index is 13.0. The van der Waals surface area contributed by atoms with Crippen molar-refractivity contribution in [3.05, 3.63) is 52.8 Å². The average molecular weight is 322 g/mol. The molecule has 0 bridgehead atoms. The Kier molecular flexibility index (Phi) is 5.17. The number of benzene rings is 1. The number of hydrogen-bond acceptors (Lipinski definition) is 4. The molecule has 0 saturated heterocycles. The van der Waals surface area contributed by atoms with Crippen molar-refractivity contribution < 1.29 is 13.6 Å². The van der Waals surface area contributed by atoms with Crippen LogP contribution in [0.2, 0.25) is 0 Å². The van der Waals surface area contributed by atoms with Crippen LogP contribution in [-0.4, -0.2) is 34.7 Å². The molecule has 0 radical (unpaired) electrons. The molecule has 1 heterocycles. The minimum absolute atomic E-state index is 0.444. The van der Waals surface area contributed by atoms with Crippen LogP contribution in [0.25, 0.3) is 11.3 Å². The Morgan fingerprint density at radius 1 is 1.22 bits per heavy atom. The minimum atomic E-state index is -3.18. The molecular formula is C15H16F2N4O2. The third-order valence-electron chi connectivity index (χ3n) is 3.07. The lowest BCUT2D eigenvalue weighted by Gasteiger charge is -2.14. The van der Waals surface area contributed by atoms with Crippen LogP contribution in [0.1, 0.15) is 0 Å². The van der Waals surface area contributed by atoms with Crippen LogP contribution in [0.3, 0.4) is 0 Å². The smallest absolute Gasteiger partial charge is 0.277 e. The largest absolute Gasteiger partial charge is 0.348 e. The summed E-state index contributed by atoms with van der Waals surface area (Å²) in [7, 11) is 0. The molecule has 8 heteroatoms. The number of nitrogens with two attached hydrogens (primary N) is 1. The van der Waals surface area contributed by atoms with Gasteiger partial charge in [-0.15, -0.1) is 0 Å². The van der Waals surface area contributed by atoms with Crippen LogP contribution in [-0.2, 0) is 11.3 Å². The van der Waals surface area contributed by atoms with Gasteiger partial charge in [-0.25, -0.2) is 13.5 Å². The van der Waals surface area contributed by atoms with E-state index in [1.807, 2.05) is 23.5 Å². The van der Waals surface area contributed by atoms with Crippen LogP contribution in [0.5, 0.6) is 0 Å². The quantitative estimate of drug-likeness (QED) is 0.816. The van der Waals surface area contributed by atoms with Gasteiger partial charge in [-0.3, -0.25) is 9.59 Å². The van der Waals surface area contributed by atoms with Crippen molar-refractivity contribution >= 4 is 5.91 Å². The number of rotatable bonds is 6. The first-order valence-electron chi connectivity index (χ1n) is 6.89. The fourth-order valence-electron chi connectivity index (χ4n) is 1.82. The lowest BCUT2D eigenvalue weighted by Crippen LogP contribution is -2.43. The Bertz CT molecular complexity index is 732. The van der Waals surface area contributed by atoms with Crippen LogP contribution in [0.4, 0.5) is 8.78 Å². The normalized spacial score (nSPS) is 11.3. The SMILES string of the molecule is NCC(F)(F)CNC(=O)Cn1nc(-c2ccccc2)ccc1=O. The van der Waals surface area contributed by atoms with E-state index in [0.717, 1.165) is 10.2 Å². The van der Waals surface area contributed by atoms with Gasteiger partial charge < -0.3 is 11.1 Å². The number of aromatic nitrogens is 2. The van der Waals surface area contributed by atoms with E-state index in [0.29, 0.717) is 5.69 Å². The van der Waals surface area contributed by atoms with Gasteiger partial charge in [0.2, 0.25) is 5.91 Å². The Morgan fingerprint density at radius 3 is 2.57 bits per heavy atom. The summed E-state index contributed by atoms with van der Waals surface area (Å²) in [6.07, 6.45) is 0. The molecular weight excluding hydrogens is 306 g/mol. The molecule has 0 aliphatic rings. The van der Waals surface area contributed by atoms with Gasteiger partial charge in [0.25, 0.3) is 11.5 Å². The third-order valence-corrected chi connectivity index (χ3v) is 3.07. The summed E-state index contributed by atoms with van der Waals surface area (Å²) in [4.78, 5) is 23.4. The van der Waals surface area contributed by atoms with Crippen LogP contribution in [0.15, 0.2) is 47.3 Å². The van der Waals surface area contributed by atoms with Gasteiger partial charge in [-0.05, 0) is 6.07 Å². The Hall–Kier alpha value is -2.61. The van der Waals surface area contributed by atoms with Crippen molar-refractivity contribution in [2.75, 3.05) is 13.1 Å². The first-order chi connectivity index (χ1) is 10.9. The number of nitrogens with one attached hydrogen (secondary N) is 1. The zero-order valence-electron chi connectivity index (χ0n) is 12.2. The summed E-state index contributed by atoms with van der Waals surface area (Å²) < 4.78 is 26.9. The van der Waals surface area contributed by atoms with E-state index in [-0.39, 0.29) is 0 Å². The third kappa shape index (κ3) is 4.68. The number of alkyl halides is 2. The van der Waals surface area contributed by atoms with Gasteiger partial charge in [-0.1, -0.05) is 30.3 Å². The summed E-state index contributed by atoms with van der Waals surface area (Å²) in [5, 5.41) is 6.12.